The number of fused-ring (bicyclic) bond motifs is 1. The summed E-state index contributed by atoms with van der Waals surface area (Å²) in [4.78, 5) is 12.7. The van der Waals surface area contributed by atoms with E-state index in [4.69, 9.17) is 0 Å². The monoisotopic (exact) mass is 196 g/mol. The zero-order valence-electron chi connectivity index (χ0n) is 7.91. The Hall–Kier alpha value is -2.23. The van der Waals surface area contributed by atoms with Crippen LogP contribution in [-0.4, -0.2) is 19.5 Å². The van der Waals surface area contributed by atoms with Gasteiger partial charge in [0, 0.05) is 30.2 Å². The average Bonchev–Trinajstić information content (AvgIpc) is 2.82. The standard InChI is InChI=1S/C11H8N4/c1-2-6-15(5-1)11-13-7-9-3-4-12-8-10(9)14-11/h1-8H. The van der Waals surface area contributed by atoms with Gasteiger partial charge in [-0.3, -0.25) is 9.55 Å². The Morgan fingerprint density at radius 2 is 1.93 bits per heavy atom. The molecule has 0 aliphatic rings. The molecule has 0 spiro atoms. The number of hydrogen-bond donors (Lipinski definition) is 0. The van der Waals surface area contributed by atoms with Crippen molar-refractivity contribution in [1.82, 2.24) is 19.5 Å². The maximum absolute atomic E-state index is 4.41. The number of pyridine rings is 1. The maximum Gasteiger partial charge on any atom is 0.234 e. The molecule has 0 radical (unpaired) electrons. The lowest BCUT2D eigenvalue weighted by Gasteiger charge is -2.01. The summed E-state index contributed by atoms with van der Waals surface area (Å²) in [5.74, 6) is 0.667. The second kappa shape index (κ2) is 3.16. The molecule has 3 aromatic rings. The van der Waals surface area contributed by atoms with E-state index < -0.39 is 0 Å². The van der Waals surface area contributed by atoms with Crippen LogP contribution in [0, 0.1) is 0 Å². The number of nitrogens with zero attached hydrogens (tertiary/aromatic N) is 4. The summed E-state index contributed by atoms with van der Waals surface area (Å²) >= 11 is 0. The van der Waals surface area contributed by atoms with Crippen molar-refractivity contribution >= 4 is 10.9 Å². The van der Waals surface area contributed by atoms with Crippen LogP contribution in [0.1, 0.15) is 0 Å². The van der Waals surface area contributed by atoms with E-state index in [1.165, 1.54) is 0 Å². The lowest BCUT2D eigenvalue weighted by molar-refractivity contribution is 0.951. The second-order valence-corrected chi connectivity index (χ2v) is 3.19. The Morgan fingerprint density at radius 1 is 1.07 bits per heavy atom. The maximum atomic E-state index is 4.41. The van der Waals surface area contributed by atoms with Gasteiger partial charge in [0.25, 0.3) is 0 Å². The van der Waals surface area contributed by atoms with Crippen molar-refractivity contribution in [2.45, 2.75) is 0 Å². The normalized spacial score (nSPS) is 10.7. The summed E-state index contributed by atoms with van der Waals surface area (Å²) in [5.41, 5.74) is 0.858. The van der Waals surface area contributed by atoms with E-state index in [1.54, 1.807) is 18.6 Å². The van der Waals surface area contributed by atoms with Crippen LogP contribution in [0.3, 0.4) is 0 Å². The van der Waals surface area contributed by atoms with Crippen LogP contribution in [-0.2, 0) is 0 Å². The summed E-state index contributed by atoms with van der Waals surface area (Å²) in [5, 5.41) is 1.00. The van der Waals surface area contributed by atoms with E-state index >= 15 is 0 Å². The molecular weight excluding hydrogens is 188 g/mol. The van der Waals surface area contributed by atoms with Crippen molar-refractivity contribution < 1.29 is 0 Å². The molecule has 0 unspecified atom stereocenters. The molecule has 0 aliphatic carbocycles. The summed E-state index contributed by atoms with van der Waals surface area (Å²) < 4.78 is 1.87. The van der Waals surface area contributed by atoms with Crippen molar-refractivity contribution in [2.24, 2.45) is 0 Å². The molecule has 0 saturated carbocycles. The van der Waals surface area contributed by atoms with Gasteiger partial charge in [0.2, 0.25) is 5.95 Å². The van der Waals surface area contributed by atoms with E-state index in [1.807, 2.05) is 35.2 Å². The molecule has 0 atom stereocenters. The molecule has 3 rings (SSSR count). The highest BCUT2D eigenvalue weighted by molar-refractivity contribution is 5.76. The molecule has 0 saturated heterocycles. The van der Waals surface area contributed by atoms with Gasteiger partial charge in [-0.25, -0.2) is 9.97 Å². The predicted molar refractivity (Wildman–Crippen MR) is 56.7 cm³/mol. The van der Waals surface area contributed by atoms with E-state index in [0.29, 0.717) is 5.95 Å². The van der Waals surface area contributed by atoms with Gasteiger partial charge in [-0.05, 0) is 18.2 Å². The molecule has 0 aliphatic heterocycles. The smallest absolute Gasteiger partial charge is 0.234 e. The number of rotatable bonds is 1. The predicted octanol–water partition coefficient (Wildman–Crippen LogP) is 1.82. The van der Waals surface area contributed by atoms with Gasteiger partial charge in [-0.15, -0.1) is 0 Å². The largest absolute Gasteiger partial charge is 0.293 e. The van der Waals surface area contributed by atoms with E-state index in [2.05, 4.69) is 15.0 Å². The fourth-order valence-corrected chi connectivity index (χ4v) is 1.46. The first-order valence-electron chi connectivity index (χ1n) is 4.63. The summed E-state index contributed by atoms with van der Waals surface area (Å²) in [6.45, 7) is 0. The molecule has 4 nitrogen and oxygen atoms in total. The molecule has 0 amide bonds. The minimum atomic E-state index is 0.667. The summed E-state index contributed by atoms with van der Waals surface area (Å²) in [7, 11) is 0. The highest BCUT2D eigenvalue weighted by atomic mass is 15.1. The van der Waals surface area contributed by atoms with Crippen LogP contribution in [0.5, 0.6) is 0 Å². The molecular formula is C11H8N4. The molecule has 0 bridgehead atoms. The van der Waals surface area contributed by atoms with E-state index in [0.717, 1.165) is 10.9 Å². The van der Waals surface area contributed by atoms with Gasteiger partial charge in [-0.2, -0.15) is 0 Å². The van der Waals surface area contributed by atoms with Crippen molar-refractivity contribution in [2.75, 3.05) is 0 Å². The van der Waals surface area contributed by atoms with Crippen molar-refractivity contribution in [1.29, 1.82) is 0 Å². The van der Waals surface area contributed by atoms with E-state index in [9.17, 15) is 0 Å². The first kappa shape index (κ1) is 8.11. The van der Waals surface area contributed by atoms with E-state index in [-0.39, 0.29) is 0 Å². The van der Waals surface area contributed by atoms with Gasteiger partial charge < -0.3 is 0 Å². The zero-order chi connectivity index (χ0) is 10.1. The Balaban J connectivity index is 2.22. The third kappa shape index (κ3) is 1.36. The van der Waals surface area contributed by atoms with Gasteiger partial charge >= 0.3 is 0 Å². The van der Waals surface area contributed by atoms with Gasteiger partial charge in [0.05, 0.1) is 11.7 Å². The van der Waals surface area contributed by atoms with Crippen LogP contribution in [0.15, 0.2) is 49.2 Å². The minimum Gasteiger partial charge on any atom is -0.293 e. The number of hydrogen-bond acceptors (Lipinski definition) is 3. The molecule has 72 valence electrons. The lowest BCUT2D eigenvalue weighted by Crippen LogP contribution is -1.97. The van der Waals surface area contributed by atoms with Crippen LogP contribution in [0.2, 0.25) is 0 Å². The minimum absolute atomic E-state index is 0.667. The quantitative estimate of drug-likeness (QED) is 0.596. The molecule has 0 N–H and O–H groups in total. The SMILES string of the molecule is c1ccn(-c2ncc3ccncc3n2)c1. The van der Waals surface area contributed by atoms with Gasteiger partial charge in [-0.1, -0.05) is 0 Å². The Kier molecular flexibility index (Phi) is 1.71. The van der Waals surface area contributed by atoms with Crippen molar-refractivity contribution in [3.05, 3.63) is 49.2 Å². The summed E-state index contributed by atoms with van der Waals surface area (Å²) in [6.07, 6.45) is 9.11. The van der Waals surface area contributed by atoms with Gasteiger partial charge in [0.1, 0.15) is 0 Å². The summed E-state index contributed by atoms with van der Waals surface area (Å²) in [6, 6.07) is 5.78. The molecule has 0 aromatic carbocycles. The first-order chi connectivity index (χ1) is 7.43. The van der Waals surface area contributed by atoms with Crippen molar-refractivity contribution in [3.8, 4) is 5.95 Å². The molecule has 3 aromatic heterocycles. The number of aromatic nitrogens is 4. The highest BCUT2D eigenvalue weighted by Crippen LogP contribution is 2.10. The van der Waals surface area contributed by atoms with Crippen LogP contribution < -0.4 is 0 Å². The molecule has 15 heavy (non-hydrogen) atoms. The van der Waals surface area contributed by atoms with Crippen LogP contribution in [0.25, 0.3) is 16.9 Å². The fourth-order valence-electron chi connectivity index (χ4n) is 1.46. The third-order valence-electron chi connectivity index (χ3n) is 2.21. The average molecular weight is 196 g/mol. The molecule has 0 fully saturated rings. The third-order valence-corrected chi connectivity index (χ3v) is 2.21. The van der Waals surface area contributed by atoms with Crippen LogP contribution >= 0.6 is 0 Å². The first-order valence-corrected chi connectivity index (χ1v) is 4.63. The highest BCUT2D eigenvalue weighted by Gasteiger charge is 2.00. The van der Waals surface area contributed by atoms with Gasteiger partial charge in [0.15, 0.2) is 0 Å². The lowest BCUT2D eigenvalue weighted by atomic mass is 10.3. The van der Waals surface area contributed by atoms with Crippen LogP contribution in [0.4, 0.5) is 0 Å². The topological polar surface area (TPSA) is 43.6 Å². The van der Waals surface area contributed by atoms with Crippen molar-refractivity contribution in [3.63, 3.8) is 0 Å². The second-order valence-electron chi connectivity index (χ2n) is 3.19. The fraction of sp³-hybridized carbons (Fsp3) is 0. The Bertz CT molecular complexity index is 586. The Morgan fingerprint density at radius 3 is 2.80 bits per heavy atom. The molecule has 4 heteroatoms. The zero-order valence-corrected chi connectivity index (χ0v) is 7.91. The Labute approximate surface area is 86.2 Å². The molecule has 3 heterocycles.